The van der Waals surface area contributed by atoms with E-state index in [0.717, 1.165) is 12.8 Å². The zero-order valence-electron chi connectivity index (χ0n) is 11.2. The van der Waals surface area contributed by atoms with Gasteiger partial charge >= 0.3 is 0 Å². The highest BCUT2D eigenvalue weighted by Crippen LogP contribution is 2.39. The molecule has 0 fully saturated rings. The first-order valence-electron chi connectivity index (χ1n) is 6.26. The summed E-state index contributed by atoms with van der Waals surface area (Å²) in [6.07, 6.45) is 3.02. The lowest BCUT2D eigenvalue weighted by Crippen LogP contribution is -2.50. The number of benzene rings is 1. The molecule has 1 aliphatic rings. The Kier molecular flexibility index (Phi) is 3.28. The van der Waals surface area contributed by atoms with Gasteiger partial charge in [0.1, 0.15) is 0 Å². The van der Waals surface area contributed by atoms with Crippen molar-refractivity contribution in [3.63, 3.8) is 0 Å². The van der Waals surface area contributed by atoms with Crippen LogP contribution in [0, 0.1) is 0 Å². The molecule has 2 atom stereocenters. The predicted octanol–water partition coefficient (Wildman–Crippen LogP) is 1.87. The standard InChI is InChI=1S/C14H21NO2S/c1-14(2,18(3,16)17)13(15)9-11-8-10-6-4-5-7-12(10)11/h4-7,11,13H,8-9,15H2,1-3H3. The van der Waals surface area contributed by atoms with Crippen molar-refractivity contribution in [2.45, 2.75) is 43.4 Å². The summed E-state index contributed by atoms with van der Waals surface area (Å²) in [6, 6.07) is 7.97. The molecule has 0 aromatic heterocycles. The smallest absolute Gasteiger partial charge is 0.154 e. The van der Waals surface area contributed by atoms with Gasteiger partial charge in [-0.2, -0.15) is 0 Å². The summed E-state index contributed by atoms with van der Waals surface area (Å²) in [7, 11) is -3.13. The topological polar surface area (TPSA) is 60.2 Å². The molecule has 2 unspecified atom stereocenters. The van der Waals surface area contributed by atoms with Crippen molar-refractivity contribution in [3.8, 4) is 0 Å². The lowest BCUT2D eigenvalue weighted by Gasteiger charge is -2.37. The molecule has 0 amide bonds. The van der Waals surface area contributed by atoms with Crippen LogP contribution in [0.2, 0.25) is 0 Å². The Morgan fingerprint density at radius 3 is 2.56 bits per heavy atom. The molecule has 0 spiro atoms. The van der Waals surface area contributed by atoms with E-state index in [4.69, 9.17) is 5.73 Å². The SMILES string of the molecule is CC(C)(C(N)CC1Cc2ccccc21)S(C)(=O)=O. The van der Waals surface area contributed by atoms with Crippen molar-refractivity contribution in [2.75, 3.05) is 6.26 Å². The van der Waals surface area contributed by atoms with Gasteiger partial charge in [-0.1, -0.05) is 24.3 Å². The third-order valence-electron chi connectivity index (χ3n) is 4.35. The first-order chi connectivity index (χ1) is 8.23. The lowest BCUT2D eigenvalue weighted by molar-refractivity contribution is 0.413. The Morgan fingerprint density at radius 1 is 1.39 bits per heavy atom. The van der Waals surface area contributed by atoms with Crippen LogP contribution in [0.4, 0.5) is 0 Å². The van der Waals surface area contributed by atoms with Gasteiger partial charge in [0.05, 0.1) is 4.75 Å². The number of hydrogen-bond acceptors (Lipinski definition) is 3. The van der Waals surface area contributed by atoms with Gasteiger partial charge in [0, 0.05) is 12.3 Å². The van der Waals surface area contributed by atoms with Gasteiger partial charge in [-0.05, 0) is 43.7 Å². The molecule has 100 valence electrons. The minimum atomic E-state index is -3.13. The average Bonchev–Trinajstić information content (AvgIpc) is 2.24. The summed E-state index contributed by atoms with van der Waals surface area (Å²) in [4.78, 5) is 0. The highest BCUT2D eigenvalue weighted by Gasteiger charge is 2.39. The summed E-state index contributed by atoms with van der Waals surface area (Å²) in [5.74, 6) is 0.414. The van der Waals surface area contributed by atoms with Gasteiger partial charge in [0.15, 0.2) is 9.84 Å². The highest BCUT2D eigenvalue weighted by molar-refractivity contribution is 7.92. The second-order valence-corrected chi connectivity index (χ2v) is 8.41. The maximum Gasteiger partial charge on any atom is 0.154 e. The third-order valence-corrected chi connectivity index (χ3v) is 6.56. The molecule has 1 aromatic carbocycles. The van der Waals surface area contributed by atoms with Crippen LogP contribution in [0.1, 0.15) is 37.3 Å². The zero-order valence-corrected chi connectivity index (χ0v) is 12.0. The first-order valence-corrected chi connectivity index (χ1v) is 8.15. The van der Waals surface area contributed by atoms with E-state index in [2.05, 4.69) is 12.1 Å². The van der Waals surface area contributed by atoms with Crippen molar-refractivity contribution < 1.29 is 8.42 Å². The Bertz CT molecular complexity index is 549. The molecule has 18 heavy (non-hydrogen) atoms. The molecule has 0 heterocycles. The van der Waals surface area contributed by atoms with Crippen LogP contribution in [-0.4, -0.2) is 25.5 Å². The van der Waals surface area contributed by atoms with E-state index in [1.165, 1.54) is 17.4 Å². The van der Waals surface area contributed by atoms with Gasteiger partial charge < -0.3 is 5.73 Å². The van der Waals surface area contributed by atoms with Gasteiger partial charge in [-0.3, -0.25) is 0 Å². The summed E-state index contributed by atoms with van der Waals surface area (Å²) < 4.78 is 22.6. The molecular weight excluding hydrogens is 246 g/mol. The van der Waals surface area contributed by atoms with Gasteiger partial charge in [0.2, 0.25) is 0 Å². The molecule has 0 bridgehead atoms. The number of hydrogen-bond donors (Lipinski definition) is 1. The summed E-state index contributed by atoms with van der Waals surface area (Å²) in [6.45, 7) is 3.44. The summed E-state index contributed by atoms with van der Waals surface area (Å²) in [5, 5.41) is 0. The Morgan fingerprint density at radius 2 is 2.00 bits per heavy atom. The van der Waals surface area contributed by atoms with Gasteiger partial charge in [0.25, 0.3) is 0 Å². The maximum atomic E-state index is 11.7. The molecule has 2 N–H and O–H groups in total. The molecular formula is C14H21NO2S. The Labute approximate surface area is 109 Å². The van der Waals surface area contributed by atoms with E-state index in [-0.39, 0.29) is 6.04 Å². The molecule has 0 aliphatic heterocycles. The number of fused-ring (bicyclic) bond motifs is 1. The van der Waals surface area contributed by atoms with E-state index in [1.54, 1.807) is 13.8 Å². The van der Waals surface area contributed by atoms with Crippen LogP contribution in [0.25, 0.3) is 0 Å². The minimum absolute atomic E-state index is 0.328. The van der Waals surface area contributed by atoms with Crippen LogP contribution < -0.4 is 5.73 Å². The van der Waals surface area contributed by atoms with E-state index in [9.17, 15) is 8.42 Å². The Balaban J connectivity index is 2.09. The van der Waals surface area contributed by atoms with Crippen molar-refractivity contribution in [1.29, 1.82) is 0 Å². The number of sulfone groups is 1. The van der Waals surface area contributed by atoms with E-state index >= 15 is 0 Å². The highest BCUT2D eigenvalue weighted by atomic mass is 32.2. The quantitative estimate of drug-likeness (QED) is 0.906. The van der Waals surface area contributed by atoms with E-state index in [1.807, 2.05) is 12.1 Å². The van der Waals surface area contributed by atoms with E-state index < -0.39 is 14.6 Å². The second-order valence-electron chi connectivity index (χ2n) is 5.82. The molecule has 0 saturated heterocycles. The average molecular weight is 267 g/mol. The van der Waals surface area contributed by atoms with Crippen molar-refractivity contribution in [2.24, 2.45) is 5.73 Å². The summed E-state index contributed by atoms with van der Waals surface area (Å²) in [5.41, 5.74) is 8.82. The number of rotatable bonds is 4. The van der Waals surface area contributed by atoms with Gasteiger partial charge in [-0.15, -0.1) is 0 Å². The lowest BCUT2D eigenvalue weighted by atomic mass is 9.73. The molecule has 0 saturated carbocycles. The second kappa shape index (κ2) is 4.35. The third kappa shape index (κ3) is 2.19. The molecule has 1 aromatic rings. The fourth-order valence-corrected chi connectivity index (χ4v) is 3.08. The Hall–Kier alpha value is -0.870. The van der Waals surface area contributed by atoms with Crippen LogP contribution >= 0.6 is 0 Å². The molecule has 1 aliphatic carbocycles. The van der Waals surface area contributed by atoms with Crippen molar-refractivity contribution in [1.82, 2.24) is 0 Å². The van der Waals surface area contributed by atoms with Crippen LogP contribution in [0.5, 0.6) is 0 Å². The normalized spacial score (nSPS) is 21.0. The molecule has 2 rings (SSSR count). The maximum absolute atomic E-state index is 11.7. The monoisotopic (exact) mass is 267 g/mol. The zero-order chi connectivity index (χ0) is 13.6. The van der Waals surface area contributed by atoms with Crippen LogP contribution in [0.15, 0.2) is 24.3 Å². The van der Waals surface area contributed by atoms with Crippen LogP contribution in [-0.2, 0) is 16.3 Å². The predicted molar refractivity (Wildman–Crippen MR) is 74.4 cm³/mol. The van der Waals surface area contributed by atoms with Gasteiger partial charge in [-0.25, -0.2) is 8.42 Å². The molecule has 3 nitrogen and oxygen atoms in total. The van der Waals surface area contributed by atoms with Crippen LogP contribution in [0.3, 0.4) is 0 Å². The van der Waals surface area contributed by atoms with E-state index in [0.29, 0.717) is 5.92 Å². The molecule has 4 heteroatoms. The summed E-state index contributed by atoms with van der Waals surface area (Å²) >= 11 is 0. The number of nitrogens with two attached hydrogens (primary N) is 1. The fraction of sp³-hybridized carbons (Fsp3) is 0.571. The van der Waals surface area contributed by atoms with Crippen molar-refractivity contribution in [3.05, 3.63) is 35.4 Å². The largest absolute Gasteiger partial charge is 0.326 e. The first kappa shape index (κ1) is 13.6. The minimum Gasteiger partial charge on any atom is -0.326 e. The van der Waals surface area contributed by atoms with Crippen molar-refractivity contribution >= 4 is 9.84 Å². The fourth-order valence-electron chi connectivity index (χ4n) is 2.44. The molecule has 0 radical (unpaired) electrons.